The molecule has 11 heteroatoms. The number of halogens is 1. The summed E-state index contributed by atoms with van der Waals surface area (Å²) < 4.78 is 12.6. The van der Waals surface area contributed by atoms with Gasteiger partial charge in [0, 0.05) is 61.5 Å². The summed E-state index contributed by atoms with van der Waals surface area (Å²) in [4.78, 5) is 26.8. The molecule has 1 atom stereocenters. The van der Waals surface area contributed by atoms with Crippen molar-refractivity contribution in [1.29, 1.82) is 0 Å². The molecule has 0 aliphatic carbocycles. The van der Waals surface area contributed by atoms with Crippen LogP contribution in [0.2, 0.25) is 5.02 Å². The zero-order chi connectivity index (χ0) is 27.0. The third-order valence-electron chi connectivity index (χ3n) is 6.90. The molecule has 2 aliphatic heterocycles. The molecular formula is C28H34ClN7O3. The lowest BCUT2D eigenvalue weighted by Gasteiger charge is -2.23. The highest BCUT2D eigenvalue weighted by atomic mass is 35.5. The molecule has 0 bridgehead atoms. The molecule has 206 valence electrons. The summed E-state index contributed by atoms with van der Waals surface area (Å²) in [6.07, 6.45) is 12.6. The van der Waals surface area contributed by atoms with Gasteiger partial charge in [-0.3, -0.25) is 9.36 Å². The SMILES string of the molecule is Cc1cnc(NC2CCOCC2)nc1-n1cnc(C(=O)NC(/C=C/NC2CCOCC2)c2cccc(Cl)c2)c1. The van der Waals surface area contributed by atoms with Gasteiger partial charge in [0.05, 0.1) is 6.04 Å². The van der Waals surface area contributed by atoms with E-state index in [0.717, 1.165) is 63.2 Å². The smallest absolute Gasteiger partial charge is 0.272 e. The Kier molecular flexibility index (Phi) is 9.08. The van der Waals surface area contributed by atoms with Crippen molar-refractivity contribution < 1.29 is 14.3 Å². The van der Waals surface area contributed by atoms with Gasteiger partial charge in [-0.15, -0.1) is 0 Å². The maximum absolute atomic E-state index is 13.3. The first-order valence-electron chi connectivity index (χ1n) is 13.3. The van der Waals surface area contributed by atoms with E-state index in [2.05, 4.69) is 25.9 Å². The number of aromatic nitrogens is 4. The number of nitrogens with one attached hydrogen (secondary N) is 3. The number of amides is 1. The molecule has 1 unspecified atom stereocenters. The molecule has 0 radical (unpaired) electrons. The number of benzene rings is 1. The minimum Gasteiger partial charge on any atom is -0.388 e. The van der Waals surface area contributed by atoms with Crippen molar-refractivity contribution >= 4 is 23.5 Å². The highest BCUT2D eigenvalue weighted by Crippen LogP contribution is 2.21. The third kappa shape index (κ3) is 7.35. The molecular weight excluding hydrogens is 518 g/mol. The van der Waals surface area contributed by atoms with E-state index in [-0.39, 0.29) is 17.6 Å². The minimum absolute atomic E-state index is 0.274. The molecule has 3 aromatic rings. The number of carbonyl (C=O) groups is 1. The Morgan fingerprint density at radius 2 is 1.85 bits per heavy atom. The van der Waals surface area contributed by atoms with Crippen LogP contribution in [0.4, 0.5) is 5.95 Å². The van der Waals surface area contributed by atoms with Gasteiger partial charge in [0.2, 0.25) is 5.95 Å². The highest BCUT2D eigenvalue weighted by Gasteiger charge is 2.19. The Bertz CT molecular complexity index is 1290. The van der Waals surface area contributed by atoms with Crippen LogP contribution in [-0.4, -0.2) is 63.9 Å². The maximum Gasteiger partial charge on any atom is 0.272 e. The van der Waals surface area contributed by atoms with E-state index in [0.29, 0.717) is 22.8 Å². The molecule has 2 aromatic heterocycles. The van der Waals surface area contributed by atoms with Crippen molar-refractivity contribution in [2.24, 2.45) is 0 Å². The number of aryl methyl sites for hydroxylation is 1. The lowest BCUT2D eigenvalue weighted by Crippen LogP contribution is -2.32. The molecule has 1 amide bonds. The van der Waals surface area contributed by atoms with E-state index in [9.17, 15) is 4.79 Å². The molecule has 1 aromatic carbocycles. The number of ether oxygens (including phenoxy) is 2. The minimum atomic E-state index is -0.398. The van der Waals surface area contributed by atoms with Crippen molar-refractivity contribution in [2.45, 2.75) is 50.7 Å². The number of nitrogens with zero attached hydrogens (tertiary/aromatic N) is 4. The molecule has 0 saturated carbocycles. The lowest BCUT2D eigenvalue weighted by molar-refractivity contribution is 0.0812. The Morgan fingerprint density at radius 1 is 1.10 bits per heavy atom. The molecule has 4 heterocycles. The molecule has 39 heavy (non-hydrogen) atoms. The molecule has 0 spiro atoms. The Balaban J connectivity index is 1.29. The normalized spacial score (nSPS) is 17.7. The highest BCUT2D eigenvalue weighted by molar-refractivity contribution is 6.30. The second-order valence-corrected chi connectivity index (χ2v) is 10.3. The fraction of sp³-hybridized carbons (Fsp3) is 0.429. The van der Waals surface area contributed by atoms with Crippen LogP contribution in [-0.2, 0) is 9.47 Å². The molecule has 10 nitrogen and oxygen atoms in total. The monoisotopic (exact) mass is 551 g/mol. The van der Waals surface area contributed by atoms with Gasteiger partial charge in [-0.1, -0.05) is 23.7 Å². The summed E-state index contributed by atoms with van der Waals surface area (Å²) in [7, 11) is 0. The second kappa shape index (κ2) is 13.1. The van der Waals surface area contributed by atoms with Crippen molar-refractivity contribution in [1.82, 2.24) is 30.2 Å². The summed E-state index contributed by atoms with van der Waals surface area (Å²) in [5, 5.41) is 10.5. The van der Waals surface area contributed by atoms with E-state index in [1.54, 1.807) is 23.3 Å². The van der Waals surface area contributed by atoms with E-state index in [1.807, 2.05) is 43.5 Å². The van der Waals surface area contributed by atoms with Gasteiger partial charge < -0.3 is 25.4 Å². The predicted molar refractivity (Wildman–Crippen MR) is 149 cm³/mol. The first-order valence-corrected chi connectivity index (χ1v) is 13.7. The standard InChI is InChI=1S/C28H34ClN7O3/c1-19-16-31-28(33-23-8-13-39-14-9-23)35-26(19)36-17-25(32-18-36)27(37)34-24(20-3-2-4-21(29)15-20)5-10-30-22-6-11-38-12-7-22/h2-5,10,15-18,22-24,30H,6-9,11-14H2,1H3,(H,34,37)(H,31,33,35)/b10-5+. The largest absolute Gasteiger partial charge is 0.388 e. The fourth-order valence-corrected chi connectivity index (χ4v) is 4.85. The molecule has 3 N–H and O–H groups in total. The first kappa shape index (κ1) is 27.1. The number of carbonyl (C=O) groups excluding carboxylic acids is 1. The average molecular weight is 552 g/mol. The molecule has 2 fully saturated rings. The van der Waals surface area contributed by atoms with Gasteiger partial charge in [0.25, 0.3) is 5.91 Å². The Labute approximate surface area is 233 Å². The number of hydrogen-bond acceptors (Lipinski definition) is 8. The Hall–Kier alpha value is -3.47. The van der Waals surface area contributed by atoms with Crippen LogP contribution >= 0.6 is 11.6 Å². The van der Waals surface area contributed by atoms with Crippen LogP contribution in [0.1, 0.15) is 53.3 Å². The predicted octanol–water partition coefficient (Wildman–Crippen LogP) is 3.97. The maximum atomic E-state index is 13.3. The van der Waals surface area contributed by atoms with E-state index in [1.165, 1.54) is 0 Å². The van der Waals surface area contributed by atoms with Crippen LogP contribution in [0, 0.1) is 6.92 Å². The average Bonchev–Trinajstić information content (AvgIpc) is 3.45. The number of hydrogen-bond donors (Lipinski definition) is 3. The van der Waals surface area contributed by atoms with Crippen molar-refractivity contribution in [3.63, 3.8) is 0 Å². The lowest BCUT2D eigenvalue weighted by atomic mass is 10.1. The van der Waals surface area contributed by atoms with Gasteiger partial charge in [-0.2, -0.15) is 4.98 Å². The van der Waals surface area contributed by atoms with Gasteiger partial charge in [0.15, 0.2) is 0 Å². The van der Waals surface area contributed by atoms with Crippen LogP contribution in [0.15, 0.2) is 55.3 Å². The van der Waals surface area contributed by atoms with Crippen LogP contribution in [0.25, 0.3) is 5.82 Å². The van der Waals surface area contributed by atoms with Crippen LogP contribution in [0.3, 0.4) is 0 Å². The molecule has 2 saturated heterocycles. The van der Waals surface area contributed by atoms with Crippen molar-refractivity contribution in [3.05, 3.63) is 77.1 Å². The van der Waals surface area contributed by atoms with E-state index >= 15 is 0 Å². The molecule has 2 aliphatic rings. The quantitative estimate of drug-likeness (QED) is 0.366. The second-order valence-electron chi connectivity index (χ2n) is 9.82. The van der Waals surface area contributed by atoms with Crippen molar-refractivity contribution in [2.75, 3.05) is 31.7 Å². The number of imidazole rings is 1. The van der Waals surface area contributed by atoms with Gasteiger partial charge >= 0.3 is 0 Å². The Morgan fingerprint density at radius 3 is 2.59 bits per heavy atom. The first-order chi connectivity index (χ1) is 19.0. The topological polar surface area (TPSA) is 115 Å². The zero-order valence-corrected chi connectivity index (χ0v) is 22.7. The van der Waals surface area contributed by atoms with Crippen LogP contribution < -0.4 is 16.0 Å². The van der Waals surface area contributed by atoms with Gasteiger partial charge in [-0.05, 0) is 62.6 Å². The van der Waals surface area contributed by atoms with Gasteiger partial charge in [0.1, 0.15) is 17.8 Å². The third-order valence-corrected chi connectivity index (χ3v) is 7.13. The summed E-state index contributed by atoms with van der Waals surface area (Å²) in [5.41, 5.74) is 2.02. The number of anilines is 1. The van der Waals surface area contributed by atoms with E-state index in [4.69, 9.17) is 26.1 Å². The van der Waals surface area contributed by atoms with Crippen molar-refractivity contribution in [3.8, 4) is 5.82 Å². The van der Waals surface area contributed by atoms with Gasteiger partial charge in [-0.25, -0.2) is 9.97 Å². The van der Waals surface area contributed by atoms with Crippen LogP contribution in [0.5, 0.6) is 0 Å². The summed E-state index contributed by atoms with van der Waals surface area (Å²) in [6, 6.07) is 7.69. The summed E-state index contributed by atoms with van der Waals surface area (Å²) in [5.74, 6) is 0.908. The van der Waals surface area contributed by atoms with E-state index < -0.39 is 6.04 Å². The number of rotatable bonds is 9. The summed E-state index contributed by atoms with van der Waals surface area (Å²) >= 11 is 6.25. The summed E-state index contributed by atoms with van der Waals surface area (Å²) in [6.45, 7) is 4.89. The fourth-order valence-electron chi connectivity index (χ4n) is 4.65. The molecule has 5 rings (SSSR count). The zero-order valence-electron chi connectivity index (χ0n) is 22.0.